The number of thiophene rings is 1. The third kappa shape index (κ3) is 2.05. The standard InChI is InChI=1S/C10H8BrNO2S2/c1-4-6(11)3-7(15-4)9-12-8(10(13)14)5(2)16-9/h3H,1-2H3,(H,13,14). The van der Waals surface area contributed by atoms with Crippen molar-refractivity contribution in [1.82, 2.24) is 4.98 Å². The third-order valence-corrected chi connectivity index (χ3v) is 5.34. The van der Waals surface area contributed by atoms with Crippen molar-refractivity contribution in [3.05, 3.63) is 26.0 Å². The molecule has 3 nitrogen and oxygen atoms in total. The molecule has 0 unspecified atom stereocenters. The Morgan fingerprint density at radius 1 is 1.38 bits per heavy atom. The van der Waals surface area contributed by atoms with E-state index < -0.39 is 5.97 Å². The molecule has 2 aromatic heterocycles. The maximum Gasteiger partial charge on any atom is 0.355 e. The number of carbonyl (C=O) groups is 1. The van der Waals surface area contributed by atoms with E-state index in [0.717, 1.165) is 19.2 Å². The summed E-state index contributed by atoms with van der Waals surface area (Å²) in [6.07, 6.45) is 0. The molecule has 1 N–H and O–H groups in total. The molecule has 2 aromatic rings. The topological polar surface area (TPSA) is 50.2 Å². The Labute approximate surface area is 109 Å². The van der Waals surface area contributed by atoms with Crippen LogP contribution in [-0.4, -0.2) is 16.1 Å². The van der Waals surface area contributed by atoms with Crippen molar-refractivity contribution >= 4 is 44.6 Å². The number of carboxylic acids is 1. The van der Waals surface area contributed by atoms with E-state index in [9.17, 15) is 4.79 Å². The van der Waals surface area contributed by atoms with Gasteiger partial charge in [0.25, 0.3) is 0 Å². The van der Waals surface area contributed by atoms with Crippen molar-refractivity contribution in [2.24, 2.45) is 0 Å². The molecule has 0 aliphatic rings. The van der Waals surface area contributed by atoms with Gasteiger partial charge in [-0.2, -0.15) is 0 Å². The van der Waals surface area contributed by atoms with Crippen LogP contribution in [0, 0.1) is 13.8 Å². The largest absolute Gasteiger partial charge is 0.476 e. The number of carboxylic acid groups (broad SMARTS) is 1. The fourth-order valence-corrected chi connectivity index (χ4v) is 3.75. The third-order valence-electron chi connectivity index (χ3n) is 2.07. The first-order chi connectivity index (χ1) is 7.49. The smallest absolute Gasteiger partial charge is 0.355 e. The Balaban J connectivity index is 2.49. The van der Waals surface area contributed by atoms with E-state index in [1.807, 2.05) is 13.0 Å². The Bertz CT molecular complexity index is 540. The molecule has 0 fully saturated rings. The normalized spacial score (nSPS) is 10.7. The Hall–Kier alpha value is -0.720. The lowest BCUT2D eigenvalue weighted by Crippen LogP contribution is -1.98. The highest BCUT2D eigenvalue weighted by molar-refractivity contribution is 9.10. The van der Waals surface area contributed by atoms with Gasteiger partial charge < -0.3 is 5.11 Å². The minimum absolute atomic E-state index is 0.155. The molecule has 2 rings (SSSR count). The van der Waals surface area contributed by atoms with Crippen LogP contribution < -0.4 is 0 Å². The number of thiazole rings is 1. The van der Waals surface area contributed by atoms with Crippen molar-refractivity contribution in [1.29, 1.82) is 0 Å². The van der Waals surface area contributed by atoms with E-state index in [-0.39, 0.29) is 5.69 Å². The quantitative estimate of drug-likeness (QED) is 0.912. The van der Waals surface area contributed by atoms with Crippen molar-refractivity contribution in [3.8, 4) is 9.88 Å². The summed E-state index contributed by atoms with van der Waals surface area (Å²) in [6.45, 7) is 3.79. The van der Waals surface area contributed by atoms with Crippen LogP contribution in [0.3, 0.4) is 0 Å². The molecule has 0 amide bonds. The first-order valence-corrected chi connectivity index (χ1v) is 6.88. The predicted octanol–water partition coefficient (Wildman–Crippen LogP) is 3.95. The van der Waals surface area contributed by atoms with Gasteiger partial charge in [0.05, 0.1) is 4.88 Å². The van der Waals surface area contributed by atoms with Crippen LogP contribution in [0.2, 0.25) is 0 Å². The number of aromatic nitrogens is 1. The van der Waals surface area contributed by atoms with Crippen molar-refractivity contribution in [3.63, 3.8) is 0 Å². The van der Waals surface area contributed by atoms with Gasteiger partial charge in [0, 0.05) is 14.2 Å². The number of aryl methyl sites for hydroxylation is 2. The molecule has 16 heavy (non-hydrogen) atoms. The lowest BCUT2D eigenvalue weighted by Gasteiger charge is -1.86. The average molecular weight is 318 g/mol. The molecule has 0 aliphatic carbocycles. The highest BCUT2D eigenvalue weighted by Crippen LogP contribution is 2.36. The van der Waals surface area contributed by atoms with Gasteiger partial charge in [-0.1, -0.05) is 0 Å². The highest BCUT2D eigenvalue weighted by Gasteiger charge is 2.16. The van der Waals surface area contributed by atoms with Crippen LogP contribution in [0.15, 0.2) is 10.5 Å². The van der Waals surface area contributed by atoms with E-state index in [2.05, 4.69) is 20.9 Å². The fourth-order valence-electron chi connectivity index (χ4n) is 1.27. The Morgan fingerprint density at radius 3 is 2.50 bits per heavy atom. The molecule has 0 radical (unpaired) electrons. The Morgan fingerprint density at radius 2 is 2.06 bits per heavy atom. The first kappa shape index (κ1) is 11.8. The minimum atomic E-state index is -0.965. The zero-order chi connectivity index (χ0) is 11.9. The average Bonchev–Trinajstić information content (AvgIpc) is 2.71. The maximum atomic E-state index is 10.9. The molecule has 0 aliphatic heterocycles. The zero-order valence-corrected chi connectivity index (χ0v) is 11.8. The summed E-state index contributed by atoms with van der Waals surface area (Å²) in [4.78, 5) is 17.9. The summed E-state index contributed by atoms with van der Waals surface area (Å²) in [5.74, 6) is -0.965. The van der Waals surface area contributed by atoms with Crippen molar-refractivity contribution in [2.75, 3.05) is 0 Å². The summed E-state index contributed by atoms with van der Waals surface area (Å²) in [7, 11) is 0. The van der Waals surface area contributed by atoms with E-state index in [0.29, 0.717) is 0 Å². The molecular weight excluding hydrogens is 310 g/mol. The van der Waals surface area contributed by atoms with Gasteiger partial charge in [0.2, 0.25) is 0 Å². The second-order valence-electron chi connectivity index (χ2n) is 3.24. The molecule has 0 aromatic carbocycles. The second kappa shape index (κ2) is 4.27. The van der Waals surface area contributed by atoms with E-state index in [1.54, 1.807) is 18.3 Å². The van der Waals surface area contributed by atoms with Gasteiger partial charge in [-0.05, 0) is 35.8 Å². The zero-order valence-electron chi connectivity index (χ0n) is 8.57. The SMILES string of the molecule is Cc1sc(-c2nc(C(=O)O)c(C)s2)cc1Br. The molecule has 0 saturated carbocycles. The number of nitrogens with zero attached hydrogens (tertiary/aromatic N) is 1. The van der Waals surface area contributed by atoms with Crippen LogP contribution in [0.1, 0.15) is 20.2 Å². The molecule has 0 atom stereocenters. The van der Waals surface area contributed by atoms with Gasteiger partial charge in [0.15, 0.2) is 5.69 Å². The monoisotopic (exact) mass is 317 g/mol. The number of halogens is 1. The summed E-state index contributed by atoms with van der Waals surface area (Å²) in [6, 6.07) is 1.98. The van der Waals surface area contributed by atoms with Gasteiger partial charge in [-0.25, -0.2) is 9.78 Å². The van der Waals surface area contributed by atoms with Gasteiger partial charge in [-0.3, -0.25) is 0 Å². The van der Waals surface area contributed by atoms with E-state index in [4.69, 9.17) is 5.11 Å². The fraction of sp³-hybridized carbons (Fsp3) is 0.200. The predicted molar refractivity (Wildman–Crippen MR) is 69.6 cm³/mol. The van der Waals surface area contributed by atoms with E-state index in [1.165, 1.54) is 16.2 Å². The lowest BCUT2D eigenvalue weighted by molar-refractivity contribution is 0.0690. The van der Waals surface area contributed by atoms with Gasteiger partial charge in [-0.15, -0.1) is 22.7 Å². The number of hydrogen-bond acceptors (Lipinski definition) is 4. The molecule has 2 heterocycles. The Kier molecular flexibility index (Phi) is 3.14. The van der Waals surface area contributed by atoms with Crippen LogP contribution in [0.4, 0.5) is 0 Å². The van der Waals surface area contributed by atoms with Crippen LogP contribution >= 0.6 is 38.6 Å². The molecule has 0 bridgehead atoms. The van der Waals surface area contributed by atoms with Crippen molar-refractivity contribution < 1.29 is 9.90 Å². The minimum Gasteiger partial charge on any atom is -0.476 e. The number of aromatic carboxylic acids is 1. The molecule has 0 spiro atoms. The van der Waals surface area contributed by atoms with E-state index >= 15 is 0 Å². The number of rotatable bonds is 2. The summed E-state index contributed by atoms with van der Waals surface area (Å²) in [5.41, 5.74) is 0.155. The van der Waals surface area contributed by atoms with Crippen LogP contribution in [0.5, 0.6) is 0 Å². The van der Waals surface area contributed by atoms with Crippen LogP contribution in [0.25, 0.3) is 9.88 Å². The molecule has 6 heteroatoms. The highest BCUT2D eigenvalue weighted by atomic mass is 79.9. The van der Waals surface area contributed by atoms with Gasteiger partial charge in [0.1, 0.15) is 5.01 Å². The maximum absolute atomic E-state index is 10.9. The summed E-state index contributed by atoms with van der Waals surface area (Å²) >= 11 is 6.46. The van der Waals surface area contributed by atoms with Crippen molar-refractivity contribution in [2.45, 2.75) is 13.8 Å². The molecule has 84 valence electrons. The summed E-state index contributed by atoms with van der Waals surface area (Å²) in [5, 5.41) is 9.70. The molecular formula is C10H8BrNO2S2. The van der Waals surface area contributed by atoms with Crippen LogP contribution in [-0.2, 0) is 0 Å². The first-order valence-electron chi connectivity index (χ1n) is 4.46. The van der Waals surface area contributed by atoms with Gasteiger partial charge >= 0.3 is 5.97 Å². The number of hydrogen-bond donors (Lipinski definition) is 1. The summed E-state index contributed by atoms with van der Waals surface area (Å²) < 4.78 is 1.04. The second-order valence-corrected chi connectivity index (χ2v) is 6.56. The lowest BCUT2D eigenvalue weighted by atomic mass is 10.4. The molecule has 0 saturated heterocycles.